The zero-order valence-corrected chi connectivity index (χ0v) is 11.2. The Labute approximate surface area is 105 Å². The van der Waals surface area contributed by atoms with E-state index in [1.165, 1.54) is 45.3 Å². The van der Waals surface area contributed by atoms with Gasteiger partial charge in [-0.25, -0.2) is 0 Å². The molecule has 0 aromatic rings. The van der Waals surface area contributed by atoms with Crippen LogP contribution in [0.3, 0.4) is 0 Å². The fourth-order valence-electron chi connectivity index (χ4n) is 4.12. The Morgan fingerprint density at radius 3 is 2.59 bits per heavy atom. The van der Waals surface area contributed by atoms with Crippen molar-refractivity contribution in [3.63, 3.8) is 0 Å². The van der Waals surface area contributed by atoms with E-state index in [-0.39, 0.29) is 5.60 Å². The van der Waals surface area contributed by atoms with Crippen molar-refractivity contribution in [1.29, 1.82) is 0 Å². The largest absolute Gasteiger partial charge is 0.373 e. The molecule has 4 heterocycles. The molecule has 2 unspecified atom stereocenters. The molecule has 0 aromatic heterocycles. The lowest BCUT2D eigenvalue weighted by Crippen LogP contribution is -2.64. The highest BCUT2D eigenvalue weighted by Gasteiger charge is 2.50. The van der Waals surface area contributed by atoms with Gasteiger partial charge >= 0.3 is 0 Å². The Bertz CT molecular complexity index is 273. The van der Waals surface area contributed by atoms with Crippen molar-refractivity contribution in [1.82, 2.24) is 10.2 Å². The highest BCUT2D eigenvalue weighted by Crippen LogP contribution is 2.43. The number of hydrogen-bond donors (Lipinski definition) is 1. The summed E-state index contributed by atoms with van der Waals surface area (Å²) in [5, 5.41) is 3.71. The van der Waals surface area contributed by atoms with E-state index < -0.39 is 0 Å². The normalized spacial score (nSPS) is 45.7. The van der Waals surface area contributed by atoms with Gasteiger partial charge in [-0.05, 0) is 44.7 Å². The zero-order valence-electron chi connectivity index (χ0n) is 11.2. The van der Waals surface area contributed by atoms with Crippen LogP contribution in [0, 0.1) is 5.92 Å². The monoisotopic (exact) mass is 238 g/mol. The summed E-state index contributed by atoms with van der Waals surface area (Å²) in [5.74, 6) is 0.823. The van der Waals surface area contributed by atoms with Gasteiger partial charge in [0.15, 0.2) is 0 Å². The molecule has 3 nitrogen and oxygen atoms in total. The molecule has 3 heteroatoms. The third-order valence-corrected chi connectivity index (χ3v) is 4.84. The second-order valence-corrected chi connectivity index (χ2v) is 6.47. The van der Waals surface area contributed by atoms with E-state index in [2.05, 4.69) is 24.1 Å². The van der Waals surface area contributed by atoms with Crippen LogP contribution in [-0.2, 0) is 4.74 Å². The molecular formula is C14H26N2O. The minimum Gasteiger partial charge on any atom is -0.373 e. The number of rotatable bonds is 2. The average molecular weight is 238 g/mol. The van der Waals surface area contributed by atoms with Crippen LogP contribution in [0.15, 0.2) is 0 Å². The Morgan fingerprint density at radius 1 is 1.24 bits per heavy atom. The van der Waals surface area contributed by atoms with Crippen LogP contribution >= 0.6 is 0 Å². The van der Waals surface area contributed by atoms with E-state index in [0.29, 0.717) is 12.1 Å². The summed E-state index contributed by atoms with van der Waals surface area (Å²) in [6.07, 6.45) is 5.13. The Morgan fingerprint density at radius 2 is 2.00 bits per heavy atom. The van der Waals surface area contributed by atoms with E-state index >= 15 is 0 Å². The summed E-state index contributed by atoms with van der Waals surface area (Å²) in [6.45, 7) is 9.25. The van der Waals surface area contributed by atoms with Crippen LogP contribution in [-0.4, -0.2) is 48.8 Å². The molecule has 1 spiro atoms. The molecule has 98 valence electrons. The topological polar surface area (TPSA) is 24.5 Å². The van der Waals surface area contributed by atoms with E-state index in [0.717, 1.165) is 12.5 Å². The summed E-state index contributed by atoms with van der Waals surface area (Å²) >= 11 is 0. The Kier molecular flexibility index (Phi) is 3.18. The van der Waals surface area contributed by atoms with Crippen molar-refractivity contribution in [2.75, 3.05) is 26.2 Å². The van der Waals surface area contributed by atoms with Crippen LogP contribution in [0.5, 0.6) is 0 Å². The maximum absolute atomic E-state index is 6.27. The molecule has 2 atom stereocenters. The minimum absolute atomic E-state index is 0.196. The van der Waals surface area contributed by atoms with Gasteiger partial charge in [0.05, 0.1) is 5.60 Å². The van der Waals surface area contributed by atoms with Crippen LogP contribution < -0.4 is 5.32 Å². The number of nitrogens with zero attached hydrogens (tertiary/aromatic N) is 1. The Hall–Kier alpha value is -0.120. The molecule has 4 aliphatic heterocycles. The lowest BCUT2D eigenvalue weighted by atomic mass is 9.71. The molecule has 0 saturated carbocycles. The van der Waals surface area contributed by atoms with Crippen LogP contribution in [0.25, 0.3) is 0 Å². The van der Waals surface area contributed by atoms with Crippen LogP contribution in [0.2, 0.25) is 0 Å². The number of fused-ring (bicyclic) bond motifs is 2. The predicted molar refractivity (Wildman–Crippen MR) is 69.1 cm³/mol. The fraction of sp³-hybridized carbons (Fsp3) is 1.00. The van der Waals surface area contributed by atoms with Gasteiger partial charge in [-0.2, -0.15) is 0 Å². The smallest absolute Gasteiger partial charge is 0.0852 e. The van der Waals surface area contributed by atoms with Crippen molar-refractivity contribution in [3.05, 3.63) is 0 Å². The number of ether oxygens (including phenoxy) is 1. The predicted octanol–water partition coefficient (Wildman–Crippen LogP) is 1.63. The van der Waals surface area contributed by atoms with Gasteiger partial charge in [-0.3, -0.25) is 0 Å². The molecule has 4 rings (SSSR count). The minimum atomic E-state index is 0.196. The third-order valence-electron chi connectivity index (χ3n) is 4.84. The van der Waals surface area contributed by atoms with Gasteiger partial charge in [-0.15, -0.1) is 0 Å². The molecule has 4 fully saturated rings. The quantitative estimate of drug-likeness (QED) is 0.791. The van der Waals surface area contributed by atoms with Crippen molar-refractivity contribution >= 4 is 0 Å². The summed E-state index contributed by atoms with van der Waals surface area (Å²) in [5.41, 5.74) is 0.196. The summed E-state index contributed by atoms with van der Waals surface area (Å²) < 4.78 is 6.27. The molecule has 1 N–H and O–H groups in total. The van der Waals surface area contributed by atoms with E-state index in [9.17, 15) is 0 Å². The highest BCUT2D eigenvalue weighted by molar-refractivity contribution is 5.03. The molecule has 17 heavy (non-hydrogen) atoms. The molecule has 4 aliphatic rings. The Balaban J connectivity index is 1.70. The van der Waals surface area contributed by atoms with E-state index in [1.54, 1.807) is 0 Å². The fourth-order valence-corrected chi connectivity index (χ4v) is 4.12. The van der Waals surface area contributed by atoms with E-state index in [1.807, 2.05) is 0 Å². The lowest BCUT2D eigenvalue weighted by Gasteiger charge is -2.55. The maximum atomic E-state index is 6.27. The molecule has 4 saturated heterocycles. The van der Waals surface area contributed by atoms with E-state index in [4.69, 9.17) is 4.74 Å². The highest BCUT2D eigenvalue weighted by atomic mass is 16.5. The maximum Gasteiger partial charge on any atom is 0.0852 e. The summed E-state index contributed by atoms with van der Waals surface area (Å²) in [7, 11) is 0. The van der Waals surface area contributed by atoms with Gasteiger partial charge in [0, 0.05) is 25.2 Å². The second kappa shape index (κ2) is 4.52. The zero-order chi connectivity index (χ0) is 11.9. The second-order valence-electron chi connectivity index (χ2n) is 6.47. The SMILES string of the molecule is CC(C)NC1CCOC2(C1)CN1CCC2CC1. The lowest BCUT2D eigenvalue weighted by molar-refractivity contribution is -0.179. The standard InChI is InChI=1S/C14H26N2O/c1-11(2)15-13-5-8-17-14(9-13)10-16-6-3-12(14)4-7-16/h11-13,15H,3-10H2,1-2H3. The molecule has 0 amide bonds. The number of hydrogen-bond acceptors (Lipinski definition) is 3. The molecule has 0 radical (unpaired) electrons. The number of nitrogens with one attached hydrogen (secondary N) is 1. The summed E-state index contributed by atoms with van der Waals surface area (Å²) in [6, 6.07) is 1.26. The van der Waals surface area contributed by atoms with Crippen LogP contribution in [0.4, 0.5) is 0 Å². The molecule has 2 bridgehead atoms. The van der Waals surface area contributed by atoms with Crippen molar-refractivity contribution < 1.29 is 4.74 Å². The van der Waals surface area contributed by atoms with Gasteiger partial charge in [-0.1, -0.05) is 13.8 Å². The summed E-state index contributed by atoms with van der Waals surface area (Å²) in [4.78, 5) is 2.61. The van der Waals surface area contributed by atoms with Gasteiger partial charge in [0.2, 0.25) is 0 Å². The van der Waals surface area contributed by atoms with Gasteiger partial charge in [0.1, 0.15) is 0 Å². The first-order valence-electron chi connectivity index (χ1n) is 7.30. The van der Waals surface area contributed by atoms with Crippen molar-refractivity contribution in [2.45, 2.75) is 57.2 Å². The molecular weight excluding hydrogens is 212 g/mol. The number of piperidine rings is 3. The van der Waals surface area contributed by atoms with Crippen molar-refractivity contribution in [3.8, 4) is 0 Å². The average Bonchev–Trinajstić information content (AvgIpc) is 2.29. The first kappa shape index (κ1) is 11.9. The van der Waals surface area contributed by atoms with Gasteiger partial charge in [0.25, 0.3) is 0 Å². The van der Waals surface area contributed by atoms with Crippen molar-refractivity contribution in [2.24, 2.45) is 5.92 Å². The van der Waals surface area contributed by atoms with Crippen LogP contribution in [0.1, 0.15) is 39.5 Å². The first-order chi connectivity index (χ1) is 8.18. The molecule has 0 aliphatic carbocycles. The van der Waals surface area contributed by atoms with Gasteiger partial charge < -0.3 is 15.0 Å². The third kappa shape index (κ3) is 2.25. The first-order valence-corrected chi connectivity index (χ1v) is 7.30. The molecule has 0 aromatic carbocycles.